The predicted molar refractivity (Wildman–Crippen MR) is 60.5 cm³/mol. The Morgan fingerprint density at radius 2 is 1.84 bits per heavy atom. The summed E-state index contributed by atoms with van der Waals surface area (Å²) in [6.45, 7) is -1.49. The molecule has 0 bridgehead atoms. The fourth-order valence-corrected chi connectivity index (χ4v) is 1.19. The summed E-state index contributed by atoms with van der Waals surface area (Å²) in [4.78, 5) is 11.1. The number of nitrogens with one attached hydrogen (secondary N) is 1. The van der Waals surface area contributed by atoms with E-state index in [2.05, 4.69) is 4.74 Å². The lowest BCUT2D eigenvalue weighted by molar-refractivity contribution is -0.175. The number of nitrogen functional groups attached to an aromatic ring is 1. The molecule has 8 heteroatoms. The Kier molecular flexibility index (Phi) is 5.58. The van der Waals surface area contributed by atoms with Crippen LogP contribution in [0.2, 0.25) is 0 Å². The van der Waals surface area contributed by atoms with Crippen molar-refractivity contribution >= 4 is 5.91 Å². The highest BCUT2D eigenvalue weighted by molar-refractivity contribution is 5.93. The smallest absolute Gasteiger partial charge is 0.411 e. The third kappa shape index (κ3) is 6.07. The van der Waals surface area contributed by atoms with E-state index in [0.717, 1.165) is 0 Å². The van der Waals surface area contributed by atoms with Crippen LogP contribution in [0.5, 0.6) is 5.75 Å². The number of carbonyl (C=O) groups excluding carboxylic acids is 1. The number of amides is 1. The van der Waals surface area contributed by atoms with E-state index < -0.39 is 18.7 Å². The molecule has 1 aromatic carbocycles. The van der Waals surface area contributed by atoms with Gasteiger partial charge in [0.2, 0.25) is 0 Å². The van der Waals surface area contributed by atoms with E-state index in [1.165, 1.54) is 24.3 Å². The summed E-state index contributed by atoms with van der Waals surface area (Å²) in [6, 6.07) is 5.98. The number of rotatable bonds is 6. The zero-order valence-electron chi connectivity index (χ0n) is 9.87. The van der Waals surface area contributed by atoms with E-state index in [9.17, 15) is 18.0 Å². The fourth-order valence-electron chi connectivity index (χ4n) is 1.19. The van der Waals surface area contributed by atoms with E-state index in [0.29, 0.717) is 11.3 Å². The van der Waals surface area contributed by atoms with E-state index in [1.54, 1.807) is 0 Å². The Bertz CT molecular complexity index is 407. The third-order valence-electron chi connectivity index (χ3n) is 2.01. The number of ether oxygens (including phenoxy) is 2. The van der Waals surface area contributed by atoms with Crippen molar-refractivity contribution in [3.05, 3.63) is 29.8 Å². The van der Waals surface area contributed by atoms with Gasteiger partial charge in [-0.05, 0) is 24.3 Å². The largest absolute Gasteiger partial charge is 0.491 e. The molecule has 1 rings (SSSR count). The molecule has 0 aliphatic carbocycles. The summed E-state index contributed by atoms with van der Waals surface area (Å²) >= 11 is 0. The maximum atomic E-state index is 11.7. The molecule has 106 valence electrons. The van der Waals surface area contributed by atoms with Gasteiger partial charge in [-0.1, -0.05) is 0 Å². The third-order valence-corrected chi connectivity index (χ3v) is 2.01. The number of nitrogens with two attached hydrogens (primary N) is 1. The molecule has 0 unspecified atom stereocenters. The van der Waals surface area contributed by atoms with Crippen LogP contribution >= 0.6 is 0 Å². The molecular formula is C11H13F3N2O3. The van der Waals surface area contributed by atoms with Gasteiger partial charge < -0.3 is 9.47 Å². The first-order valence-electron chi connectivity index (χ1n) is 5.30. The molecule has 0 aromatic heterocycles. The van der Waals surface area contributed by atoms with Crippen LogP contribution in [0.3, 0.4) is 0 Å². The molecule has 0 spiro atoms. The van der Waals surface area contributed by atoms with Gasteiger partial charge in [0.1, 0.15) is 19.0 Å². The minimum absolute atomic E-state index is 0.0154. The van der Waals surface area contributed by atoms with Gasteiger partial charge in [-0.15, -0.1) is 0 Å². The van der Waals surface area contributed by atoms with Crippen LogP contribution in [0.15, 0.2) is 24.3 Å². The number of hydrogen-bond acceptors (Lipinski definition) is 4. The summed E-state index contributed by atoms with van der Waals surface area (Å²) < 4.78 is 44.7. The molecule has 0 radical (unpaired) electrons. The first kappa shape index (κ1) is 15.3. The van der Waals surface area contributed by atoms with Crippen LogP contribution in [0, 0.1) is 0 Å². The van der Waals surface area contributed by atoms with Crippen LogP contribution < -0.4 is 16.0 Å². The first-order valence-corrected chi connectivity index (χ1v) is 5.30. The summed E-state index contributed by atoms with van der Waals surface area (Å²) in [7, 11) is 0. The molecule has 0 heterocycles. The minimum Gasteiger partial charge on any atom is -0.491 e. The van der Waals surface area contributed by atoms with Gasteiger partial charge >= 0.3 is 6.18 Å². The highest BCUT2D eigenvalue weighted by atomic mass is 19.4. The average molecular weight is 278 g/mol. The van der Waals surface area contributed by atoms with Gasteiger partial charge in [0.15, 0.2) is 0 Å². The Hall–Kier alpha value is -1.80. The van der Waals surface area contributed by atoms with Crippen molar-refractivity contribution in [2.24, 2.45) is 5.84 Å². The molecule has 1 aromatic rings. The van der Waals surface area contributed by atoms with Crippen molar-refractivity contribution in [3.8, 4) is 5.75 Å². The zero-order valence-corrected chi connectivity index (χ0v) is 9.87. The van der Waals surface area contributed by atoms with Crippen molar-refractivity contribution in [1.29, 1.82) is 0 Å². The van der Waals surface area contributed by atoms with Crippen molar-refractivity contribution in [2.45, 2.75) is 6.18 Å². The monoisotopic (exact) mass is 278 g/mol. The Balaban J connectivity index is 2.29. The molecular weight excluding hydrogens is 265 g/mol. The fraction of sp³-hybridized carbons (Fsp3) is 0.364. The summed E-state index contributed by atoms with van der Waals surface area (Å²) in [5.74, 6) is 4.93. The average Bonchev–Trinajstić information content (AvgIpc) is 2.37. The highest BCUT2D eigenvalue weighted by Crippen LogP contribution is 2.15. The molecule has 0 atom stereocenters. The number of alkyl halides is 3. The molecule has 0 fully saturated rings. The lowest BCUT2D eigenvalue weighted by Crippen LogP contribution is -2.29. The van der Waals surface area contributed by atoms with E-state index >= 15 is 0 Å². The molecule has 5 nitrogen and oxygen atoms in total. The van der Waals surface area contributed by atoms with Gasteiger partial charge in [-0.25, -0.2) is 5.84 Å². The van der Waals surface area contributed by atoms with Gasteiger partial charge in [0.25, 0.3) is 5.91 Å². The Morgan fingerprint density at radius 3 is 2.37 bits per heavy atom. The number of hydrogen-bond donors (Lipinski definition) is 2. The van der Waals surface area contributed by atoms with Crippen LogP contribution in [-0.2, 0) is 4.74 Å². The van der Waals surface area contributed by atoms with Gasteiger partial charge in [-0.2, -0.15) is 13.2 Å². The maximum Gasteiger partial charge on any atom is 0.411 e. The van der Waals surface area contributed by atoms with Crippen LogP contribution in [0.1, 0.15) is 10.4 Å². The second-order valence-electron chi connectivity index (χ2n) is 3.51. The Morgan fingerprint density at radius 1 is 1.21 bits per heavy atom. The molecule has 1 amide bonds. The molecule has 0 saturated heterocycles. The normalized spacial score (nSPS) is 11.2. The van der Waals surface area contributed by atoms with Crippen molar-refractivity contribution in [3.63, 3.8) is 0 Å². The van der Waals surface area contributed by atoms with Gasteiger partial charge in [0.05, 0.1) is 6.61 Å². The second-order valence-corrected chi connectivity index (χ2v) is 3.51. The molecule has 0 aliphatic rings. The zero-order chi connectivity index (χ0) is 14.3. The van der Waals surface area contributed by atoms with Crippen LogP contribution in [0.25, 0.3) is 0 Å². The number of halogens is 3. The van der Waals surface area contributed by atoms with Crippen LogP contribution in [-0.4, -0.2) is 31.9 Å². The van der Waals surface area contributed by atoms with Gasteiger partial charge in [-0.3, -0.25) is 10.2 Å². The lowest BCUT2D eigenvalue weighted by atomic mass is 10.2. The molecule has 0 aliphatic heterocycles. The molecule has 19 heavy (non-hydrogen) atoms. The number of carbonyl (C=O) groups is 1. The predicted octanol–water partition coefficient (Wildman–Crippen LogP) is 1.25. The number of hydrazine groups is 1. The standard InChI is InChI=1S/C11H13F3N2O3/c12-11(13,14)7-18-5-6-19-9-3-1-8(2-4-9)10(17)16-15/h1-4H,5-7,15H2,(H,16,17). The highest BCUT2D eigenvalue weighted by Gasteiger charge is 2.27. The van der Waals surface area contributed by atoms with Crippen molar-refractivity contribution in [2.75, 3.05) is 19.8 Å². The summed E-state index contributed by atoms with van der Waals surface area (Å²) in [5, 5.41) is 0. The topological polar surface area (TPSA) is 73.6 Å². The first-order chi connectivity index (χ1) is 8.92. The molecule has 3 N–H and O–H groups in total. The quantitative estimate of drug-likeness (QED) is 0.355. The van der Waals surface area contributed by atoms with E-state index in [1.807, 2.05) is 5.43 Å². The second kappa shape index (κ2) is 6.95. The Labute approximate surface area is 107 Å². The maximum absolute atomic E-state index is 11.7. The summed E-state index contributed by atoms with van der Waals surface area (Å²) in [6.07, 6.45) is -4.34. The SMILES string of the molecule is NNC(=O)c1ccc(OCCOCC(F)(F)F)cc1. The molecule has 0 saturated carbocycles. The van der Waals surface area contributed by atoms with Crippen molar-refractivity contribution in [1.82, 2.24) is 5.43 Å². The number of benzene rings is 1. The lowest BCUT2D eigenvalue weighted by Gasteiger charge is -2.09. The van der Waals surface area contributed by atoms with Crippen LogP contribution in [0.4, 0.5) is 13.2 Å². The van der Waals surface area contributed by atoms with Gasteiger partial charge in [0, 0.05) is 5.56 Å². The minimum atomic E-state index is -4.34. The van der Waals surface area contributed by atoms with E-state index in [-0.39, 0.29) is 13.2 Å². The van der Waals surface area contributed by atoms with E-state index in [4.69, 9.17) is 10.6 Å². The summed E-state index contributed by atoms with van der Waals surface area (Å²) in [5.41, 5.74) is 2.32. The van der Waals surface area contributed by atoms with Crippen molar-refractivity contribution < 1.29 is 27.4 Å².